The molecule has 0 unspecified atom stereocenters. The van der Waals surface area contributed by atoms with E-state index in [9.17, 15) is 14.0 Å². The van der Waals surface area contributed by atoms with Gasteiger partial charge in [0.25, 0.3) is 11.8 Å². The number of morpholine rings is 1. The van der Waals surface area contributed by atoms with Gasteiger partial charge in [-0.15, -0.1) is 11.3 Å². The highest BCUT2D eigenvalue weighted by Crippen LogP contribution is 2.35. The molecule has 29 heavy (non-hydrogen) atoms. The minimum Gasteiger partial charge on any atom is -0.379 e. The van der Waals surface area contributed by atoms with Crippen molar-refractivity contribution >= 4 is 40.5 Å². The van der Waals surface area contributed by atoms with Gasteiger partial charge in [-0.05, 0) is 37.3 Å². The first-order valence-corrected chi connectivity index (χ1v) is 10.3. The monoisotopic (exact) mass is 415 g/mol. The minimum atomic E-state index is -0.395. The normalized spacial score (nSPS) is 18.0. The number of carbonyl (C=O) groups is 2. The van der Waals surface area contributed by atoms with E-state index < -0.39 is 5.82 Å². The highest BCUT2D eigenvalue weighted by atomic mass is 32.1. The van der Waals surface area contributed by atoms with Gasteiger partial charge in [0.1, 0.15) is 5.82 Å². The van der Waals surface area contributed by atoms with Crippen LogP contribution >= 0.6 is 11.3 Å². The molecule has 1 aromatic carbocycles. The molecule has 2 aliphatic rings. The molecule has 1 fully saturated rings. The standard InChI is InChI=1S/C21H22FN3O3S/c1-13-16(20(26)23-4-5-25-6-8-28-9-7-25)11-15(29-13)12-18-17-10-14(22)2-3-19(17)24-21(18)27/h2-3,10-12H,4-9H2,1H3,(H,23,26)(H,24,27)/b18-12-. The number of nitrogens with zero attached hydrogens (tertiary/aromatic N) is 1. The Balaban J connectivity index is 1.45. The van der Waals surface area contributed by atoms with Gasteiger partial charge in [0.2, 0.25) is 0 Å². The number of rotatable bonds is 5. The number of hydrogen-bond donors (Lipinski definition) is 2. The second-order valence-corrected chi connectivity index (χ2v) is 8.32. The molecular weight excluding hydrogens is 393 g/mol. The molecule has 6 nitrogen and oxygen atoms in total. The van der Waals surface area contributed by atoms with E-state index in [4.69, 9.17) is 4.74 Å². The van der Waals surface area contributed by atoms with Gasteiger partial charge in [0, 0.05) is 47.2 Å². The van der Waals surface area contributed by atoms with E-state index in [-0.39, 0.29) is 11.8 Å². The van der Waals surface area contributed by atoms with Crippen molar-refractivity contribution in [2.45, 2.75) is 6.92 Å². The summed E-state index contributed by atoms with van der Waals surface area (Å²) in [6.45, 7) is 6.47. The number of nitrogens with one attached hydrogen (secondary N) is 2. The Morgan fingerprint density at radius 3 is 2.93 bits per heavy atom. The van der Waals surface area contributed by atoms with E-state index in [1.807, 2.05) is 6.92 Å². The maximum atomic E-state index is 13.6. The third-order valence-corrected chi connectivity index (χ3v) is 6.05. The number of hydrogen-bond acceptors (Lipinski definition) is 5. The molecular formula is C21H22FN3O3S. The lowest BCUT2D eigenvalue weighted by Crippen LogP contribution is -2.41. The van der Waals surface area contributed by atoms with Crippen molar-refractivity contribution in [2.75, 3.05) is 44.7 Å². The minimum absolute atomic E-state index is 0.126. The summed E-state index contributed by atoms with van der Waals surface area (Å²) >= 11 is 1.43. The van der Waals surface area contributed by atoms with Crippen LogP contribution in [0.3, 0.4) is 0 Å². The highest BCUT2D eigenvalue weighted by molar-refractivity contribution is 7.13. The first-order valence-electron chi connectivity index (χ1n) is 9.53. The Bertz CT molecular complexity index is 980. The van der Waals surface area contributed by atoms with Crippen LogP contribution in [-0.2, 0) is 9.53 Å². The van der Waals surface area contributed by atoms with Gasteiger partial charge in [0.05, 0.1) is 24.4 Å². The molecule has 0 bridgehead atoms. The van der Waals surface area contributed by atoms with Crippen molar-refractivity contribution in [2.24, 2.45) is 0 Å². The summed E-state index contributed by atoms with van der Waals surface area (Å²) < 4.78 is 18.9. The summed E-state index contributed by atoms with van der Waals surface area (Å²) in [5.41, 5.74) is 2.14. The van der Waals surface area contributed by atoms with Crippen molar-refractivity contribution in [1.82, 2.24) is 10.2 Å². The molecule has 0 saturated carbocycles. The van der Waals surface area contributed by atoms with Gasteiger partial charge in [-0.1, -0.05) is 0 Å². The molecule has 0 atom stereocenters. The number of halogens is 1. The van der Waals surface area contributed by atoms with Gasteiger partial charge in [-0.25, -0.2) is 4.39 Å². The molecule has 2 N–H and O–H groups in total. The van der Waals surface area contributed by atoms with Crippen molar-refractivity contribution < 1.29 is 18.7 Å². The van der Waals surface area contributed by atoms with Crippen LogP contribution in [0.5, 0.6) is 0 Å². The summed E-state index contributed by atoms with van der Waals surface area (Å²) in [5.74, 6) is -0.791. The summed E-state index contributed by atoms with van der Waals surface area (Å²) in [4.78, 5) is 28.8. The Morgan fingerprint density at radius 1 is 1.34 bits per heavy atom. The number of thiophene rings is 1. The van der Waals surface area contributed by atoms with Gasteiger partial charge < -0.3 is 15.4 Å². The van der Waals surface area contributed by atoms with E-state index in [0.717, 1.165) is 42.6 Å². The van der Waals surface area contributed by atoms with E-state index in [2.05, 4.69) is 15.5 Å². The second-order valence-electron chi connectivity index (χ2n) is 7.03. The first-order chi connectivity index (χ1) is 14.0. The Morgan fingerprint density at radius 2 is 2.14 bits per heavy atom. The average molecular weight is 415 g/mol. The van der Waals surface area contributed by atoms with E-state index in [1.165, 1.54) is 23.5 Å². The highest BCUT2D eigenvalue weighted by Gasteiger charge is 2.25. The first kappa shape index (κ1) is 19.8. The largest absolute Gasteiger partial charge is 0.379 e. The van der Waals surface area contributed by atoms with Crippen molar-refractivity contribution in [1.29, 1.82) is 0 Å². The van der Waals surface area contributed by atoms with Crippen LogP contribution in [0, 0.1) is 12.7 Å². The number of fused-ring (bicyclic) bond motifs is 1. The number of carbonyl (C=O) groups excluding carboxylic acids is 2. The van der Waals surface area contributed by atoms with Crippen LogP contribution in [0.2, 0.25) is 0 Å². The van der Waals surface area contributed by atoms with Gasteiger partial charge in [-0.2, -0.15) is 0 Å². The third-order valence-electron chi connectivity index (χ3n) is 5.05. The Hall–Kier alpha value is -2.55. The van der Waals surface area contributed by atoms with Crippen molar-refractivity contribution in [3.8, 4) is 0 Å². The van der Waals surface area contributed by atoms with E-state index in [1.54, 1.807) is 18.2 Å². The van der Waals surface area contributed by atoms with E-state index >= 15 is 0 Å². The van der Waals surface area contributed by atoms with Crippen LogP contribution in [-0.4, -0.2) is 56.1 Å². The molecule has 2 aliphatic heterocycles. The van der Waals surface area contributed by atoms with Gasteiger partial charge >= 0.3 is 0 Å². The Kier molecular flexibility index (Phi) is 5.75. The molecule has 2 amide bonds. The average Bonchev–Trinajstić information content (AvgIpc) is 3.22. The molecule has 0 aliphatic carbocycles. The van der Waals surface area contributed by atoms with E-state index in [0.29, 0.717) is 28.9 Å². The molecule has 1 saturated heterocycles. The zero-order valence-corrected chi connectivity index (χ0v) is 16.9. The number of amides is 2. The third kappa shape index (κ3) is 4.39. The fraction of sp³-hybridized carbons (Fsp3) is 0.333. The lowest BCUT2D eigenvalue weighted by molar-refractivity contribution is -0.110. The predicted molar refractivity (Wildman–Crippen MR) is 112 cm³/mol. The molecule has 8 heteroatoms. The second kappa shape index (κ2) is 8.44. The summed E-state index contributed by atoms with van der Waals surface area (Å²) in [5, 5.41) is 5.70. The molecule has 2 aromatic rings. The smallest absolute Gasteiger partial charge is 0.256 e. The molecule has 0 radical (unpaired) electrons. The maximum Gasteiger partial charge on any atom is 0.256 e. The number of benzene rings is 1. The number of anilines is 1. The van der Waals surface area contributed by atoms with Crippen molar-refractivity contribution in [3.63, 3.8) is 0 Å². The van der Waals surface area contributed by atoms with Gasteiger partial charge in [-0.3, -0.25) is 14.5 Å². The molecule has 152 valence electrons. The quantitative estimate of drug-likeness (QED) is 0.737. The predicted octanol–water partition coefficient (Wildman–Crippen LogP) is 2.75. The fourth-order valence-electron chi connectivity index (χ4n) is 3.50. The molecule has 1 aromatic heterocycles. The van der Waals surface area contributed by atoms with Crippen LogP contribution in [0.4, 0.5) is 10.1 Å². The van der Waals surface area contributed by atoms with Crippen LogP contribution in [0.25, 0.3) is 11.6 Å². The topological polar surface area (TPSA) is 70.7 Å². The van der Waals surface area contributed by atoms with Crippen molar-refractivity contribution in [3.05, 3.63) is 51.0 Å². The molecule has 0 spiro atoms. The summed E-state index contributed by atoms with van der Waals surface area (Å²) in [6.07, 6.45) is 1.71. The SMILES string of the molecule is Cc1sc(/C=C2\C(=O)Nc3ccc(F)cc32)cc1C(=O)NCCN1CCOCC1. The van der Waals surface area contributed by atoms with Gasteiger partial charge in [0.15, 0.2) is 0 Å². The summed E-state index contributed by atoms with van der Waals surface area (Å²) in [7, 11) is 0. The number of ether oxygens (including phenoxy) is 1. The van der Waals surface area contributed by atoms with Crippen LogP contribution < -0.4 is 10.6 Å². The fourth-order valence-corrected chi connectivity index (χ4v) is 4.46. The molecule has 3 heterocycles. The lowest BCUT2D eigenvalue weighted by atomic mass is 10.1. The molecule has 4 rings (SSSR count). The zero-order valence-electron chi connectivity index (χ0n) is 16.1. The Labute approximate surface area is 172 Å². The van der Waals surface area contributed by atoms with Crippen LogP contribution in [0.15, 0.2) is 24.3 Å². The summed E-state index contributed by atoms with van der Waals surface area (Å²) in [6, 6.07) is 5.99. The number of aryl methyl sites for hydroxylation is 1. The maximum absolute atomic E-state index is 13.6. The zero-order chi connectivity index (χ0) is 20.4. The lowest BCUT2D eigenvalue weighted by Gasteiger charge is -2.26. The van der Waals surface area contributed by atoms with Crippen LogP contribution in [0.1, 0.15) is 25.7 Å².